The molecule has 0 atom stereocenters. The van der Waals surface area contributed by atoms with Crippen LogP contribution in [0, 0.1) is 11.6 Å². The van der Waals surface area contributed by atoms with Crippen molar-refractivity contribution in [3.8, 4) is 0 Å². The summed E-state index contributed by atoms with van der Waals surface area (Å²) in [5.74, 6) is -1.12. The van der Waals surface area contributed by atoms with Crippen molar-refractivity contribution < 1.29 is 13.6 Å². The van der Waals surface area contributed by atoms with Crippen LogP contribution in [0.3, 0.4) is 0 Å². The van der Waals surface area contributed by atoms with Crippen LogP contribution in [0.2, 0.25) is 4.34 Å². The predicted molar refractivity (Wildman–Crippen MR) is 120 cm³/mol. The first-order valence-corrected chi connectivity index (χ1v) is 11.6. The molecule has 31 heavy (non-hydrogen) atoms. The number of anilines is 1. The van der Waals surface area contributed by atoms with E-state index in [2.05, 4.69) is 15.3 Å². The number of rotatable bonds is 6. The third-order valence-electron chi connectivity index (χ3n) is 3.82. The number of pyridine rings is 1. The van der Waals surface area contributed by atoms with E-state index in [9.17, 15) is 13.6 Å². The van der Waals surface area contributed by atoms with Gasteiger partial charge in [-0.05, 0) is 60.7 Å². The van der Waals surface area contributed by atoms with Crippen LogP contribution in [-0.4, -0.2) is 15.9 Å². The minimum atomic E-state index is -0.447. The molecular formula is C21H12ClF2N3OS3. The Kier molecular flexibility index (Phi) is 6.86. The smallest absolute Gasteiger partial charge is 0.277 e. The average Bonchev–Trinajstić information content (AvgIpc) is 3.17. The number of thiazole rings is 1. The van der Waals surface area contributed by atoms with Gasteiger partial charge in [0.2, 0.25) is 0 Å². The Morgan fingerprint density at radius 1 is 0.903 bits per heavy atom. The lowest BCUT2D eigenvalue weighted by Gasteiger charge is -2.10. The standard InChI is InChI=1S/C21H12ClF2N3OS3/c22-17-11-25-21(31-17)27-20(28)19-16(29-14-5-1-12(23)2-6-14)9-10-18(26-19)30-15-7-3-13(24)4-8-15/h1-11H,(H,25,27,28). The van der Waals surface area contributed by atoms with Gasteiger partial charge in [0.25, 0.3) is 5.91 Å². The molecule has 0 spiro atoms. The highest BCUT2D eigenvalue weighted by Crippen LogP contribution is 2.34. The van der Waals surface area contributed by atoms with Gasteiger partial charge in [-0.15, -0.1) is 0 Å². The molecule has 1 N–H and O–H groups in total. The molecule has 10 heteroatoms. The Labute approximate surface area is 194 Å². The van der Waals surface area contributed by atoms with Crippen molar-refractivity contribution in [3.05, 3.63) is 88.5 Å². The van der Waals surface area contributed by atoms with Crippen molar-refractivity contribution >= 4 is 57.5 Å². The molecule has 0 radical (unpaired) electrons. The minimum absolute atomic E-state index is 0.188. The van der Waals surface area contributed by atoms with Gasteiger partial charge in [0, 0.05) is 14.7 Å². The zero-order valence-electron chi connectivity index (χ0n) is 15.5. The molecule has 1 amide bonds. The normalized spacial score (nSPS) is 10.8. The fourth-order valence-corrected chi connectivity index (χ4v) is 4.94. The Balaban J connectivity index is 1.64. The highest BCUT2D eigenvalue weighted by molar-refractivity contribution is 7.99. The fourth-order valence-electron chi connectivity index (χ4n) is 2.45. The summed E-state index contributed by atoms with van der Waals surface area (Å²) in [6, 6.07) is 15.5. The Bertz CT molecular complexity index is 1220. The molecule has 0 aliphatic carbocycles. The number of carbonyl (C=O) groups is 1. The lowest BCUT2D eigenvalue weighted by molar-refractivity contribution is 0.101. The maximum atomic E-state index is 13.2. The first kappa shape index (κ1) is 21.8. The number of aromatic nitrogens is 2. The molecule has 2 heterocycles. The zero-order valence-corrected chi connectivity index (χ0v) is 18.7. The van der Waals surface area contributed by atoms with Crippen LogP contribution in [-0.2, 0) is 0 Å². The Hall–Kier alpha value is -2.46. The monoisotopic (exact) mass is 491 g/mol. The topological polar surface area (TPSA) is 54.9 Å². The van der Waals surface area contributed by atoms with E-state index >= 15 is 0 Å². The van der Waals surface area contributed by atoms with Crippen LogP contribution in [0.1, 0.15) is 10.5 Å². The second-order valence-corrected chi connectivity index (χ2v) is 9.90. The summed E-state index contributed by atoms with van der Waals surface area (Å²) in [5.41, 5.74) is 0.188. The van der Waals surface area contributed by atoms with Gasteiger partial charge in [0.1, 0.15) is 26.7 Å². The van der Waals surface area contributed by atoms with Gasteiger partial charge >= 0.3 is 0 Å². The van der Waals surface area contributed by atoms with Crippen molar-refractivity contribution in [2.45, 2.75) is 19.7 Å². The van der Waals surface area contributed by atoms with E-state index in [-0.39, 0.29) is 17.3 Å². The molecule has 4 nitrogen and oxygen atoms in total. The molecule has 4 rings (SSSR count). The molecule has 2 aromatic heterocycles. The molecule has 0 unspecified atom stereocenters. The second-order valence-electron chi connectivity index (χ2n) is 6.03. The van der Waals surface area contributed by atoms with Gasteiger partial charge in [0.15, 0.2) is 5.13 Å². The number of hydrogen-bond donors (Lipinski definition) is 1. The van der Waals surface area contributed by atoms with Crippen LogP contribution in [0.25, 0.3) is 0 Å². The van der Waals surface area contributed by atoms with Crippen LogP contribution in [0.4, 0.5) is 13.9 Å². The van der Waals surface area contributed by atoms with Crippen molar-refractivity contribution in [2.75, 3.05) is 5.32 Å². The van der Waals surface area contributed by atoms with E-state index in [1.165, 1.54) is 54.0 Å². The summed E-state index contributed by atoms with van der Waals surface area (Å²) in [5, 5.41) is 3.62. The first-order valence-electron chi connectivity index (χ1n) is 8.77. The minimum Gasteiger partial charge on any atom is -0.296 e. The molecule has 0 saturated heterocycles. The van der Waals surface area contributed by atoms with Crippen LogP contribution < -0.4 is 5.32 Å². The van der Waals surface area contributed by atoms with Crippen LogP contribution >= 0.6 is 46.5 Å². The van der Waals surface area contributed by atoms with Crippen molar-refractivity contribution in [2.24, 2.45) is 0 Å². The lowest BCUT2D eigenvalue weighted by Crippen LogP contribution is -2.15. The molecule has 0 saturated carbocycles. The number of nitrogens with zero attached hydrogens (tertiary/aromatic N) is 2. The molecule has 4 aromatic rings. The number of carbonyl (C=O) groups excluding carboxylic acids is 1. The maximum Gasteiger partial charge on any atom is 0.277 e. The van der Waals surface area contributed by atoms with Crippen molar-refractivity contribution in [1.29, 1.82) is 0 Å². The van der Waals surface area contributed by atoms with E-state index in [4.69, 9.17) is 11.6 Å². The van der Waals surface area contributed by atoms with E-state index < -0.39 is 5.91 Å². The molecule has 2 aromatic carbocycles. The molecule has 0 aliphatic rings. The van der Waals surface area contributed by atoms with E-state index in [0.29, 0.717) is 19.4 Å². The van der Waals surface area contributed by atoms with E-state index in [1.54, 1.807) is 36.4 Å². The van der Waals surface area contributed by atoms with E-state index in [1.807, 2.05) is 0 Å². The van der Waals surface area contributed by atoms with Gasteiger partial charge < -0.3 is 0 Å². The Morgan fingerprint density at radius 2 is 1.52 bits per heavy atom. The van der Waals surface area contributed by atoms with Gasteiger partial charge in [-0.2, -0.15) is 0 Å². The highest BCUT2D eigenvalue weighted by atomic mass is 35.5. The van der Waals surface area contributed by atoms with E-state index in [0.717, 1.165) is 21.1 Å². The zero-order chi connectivity index (χ0) is 21.8. The number of halogens is 3. The summed E-state index contributed by atoms with van der Waals surface area (Å²) in [4.78, 5) is 23.6. The summed E-state index contributed by atoms with van der Waals surface area (Å²) in [6.45, 7) is 0. The summed E-state index contributed by atoms with van der Waals surface area (Å²) in [6.07, 6.45) is 1.45. The van der Waals surface area contributed by atoms with Crippen LogP contribution in [0.5, 0.6) is 0 Å². The summed E-state index contributed by atoms with van der Waals surface area (Å²) < 4.78 is 26.9. The second kappa shape index (κ2) is 9.78. The third kappa shape index (κ3) is 5.82. The predicted octanol–water partition coefficient (Wildman–Crippen LogP) is 7.02. The third-order valence-corrected chi connectivity index (χ3v) is 6.86. The van der Waals surface area contributed by atoms with Crippen molar-refractivity contribution in [1.82, 2.24) is 9.97 Å². The molecule has 0 fully saturated rings. The first-order chi connectivity index (χ1) is 15.0. The van der Waals surface area contributed by atoms with Gasteiger partial charge in [-0.3, -0.25) is 10.1 Å². The molecule has 0 bridgehead atoms. The number of nitrogens with one attached hydrogen (secondary N) is 1. The summed E-state index contributed by atoms with van der Waals surface area (Å²) >= 11 is 9.62. The number of amides is 1. The van der Waals surface area contributed by atoms with Crippen molar-refractivity contribution in [3.63, 3.8) is 0 Å². The largest absolute Gasteiger partial charge is 0.296 e. The average molecular weight is 492 g/mol. The molecular weight excluding hydrogens is 480 g/mol. The number of benzene rings is 2. The SMILES string of the molecule is O=C(Nc1ncc(Cl)s1)c1nc(Sc2ccc(F)cc2)ccc1Sc1ccc(F)cc1. The van der Waals surface area contributed by atoms with Gasteiger partial charge in [-0.25, -0.2) is 18.7 Å². The highest BCUT2D eigenvalue weighted by Gasteiger charge is 2.18. The quantitative estimate of drug-likeness (QED) is 0.314. The Morgan fingerprint density at radius 3 is 2.10 bits per heavy atom. The van der Waals surface area contributed by atoms with Crippen LogP contribution in [0.15, 0.2) is 86.6 Å². The molecule has 0 aliphatic heterocycles. The molecule has 156 valence electrons. The fraction of sp³-hybridized carbons (Fsp3) is 0. The lowest BCUT2D eigenvalue weighted by atomic mass is 10.3. The summed E-state index contributed by atoms with van der Waals surface area (Å²) in [7, 11) is 0. The van der Waals surface area contributed by atoms with Gasteiger partial charge in [-0.1, -0.05) is 46.5 Å². The van der Waals surface area contributed by atoms with Gasteiger partial charge in [0.05, 0.1) is 6.20 Å². The number of hydrogen-bond acceptors (Lipinski definition) is 6. The maximum absolute atomic E-state index is 13.2.